The molecule has 3 N–H and O–H groups in total. The first kappa shape index (κ1) is 39.0. The third kappa shape index (κ3) is 7.65. The third-order valence-corrected chi connectivity index (χ3v) is 11.3. The number of nitrogens with one attached hydrogen (secondary N) is 2. The quantitative estimate of drug-likeness (QED) is 0.0864. The minimum atomic E-state index is -3.78. The number of aryl methyl sites for hydroxylation is 1. The first-order valence-corrected chi connectivity index (χ1v) is 20.3. The molecule has 288 valence electrons. The zero-order valence-corrected chi connectivity index (χ0v) is 33.4. The number of hydrogen-bond acceptors (Lipinski definition) is 7. The molecule has 5 aromatic rings. The van der Waals surface area contributed by atoms with Crippen LogP contribution >= 0.6 is 34.2 Å². The maximum absolute atomic E-state index is 15.6. The summed E-state index contributed by atoms with van der Waals surface area (Å²) >= 11 is 8.52. The maximum Gasteiger partial charge on any atom is 0.293 e. The van der Waals surface area contributed by atoms with Gasteiger partial charge in [0.15, 0.2) is 5.82 Å². The van der Waals surface area contributed by atoms with E-state index in [1.165, 1.54) is 24.6 Å². The smallest absolute Gasteiger partial charge is 0.293 e. The molecule has 0 unspecified atom stereocenters. The molecule has 1 fully saturated rings. The number of amides is 1. The molecule has 3 heterocycles. The van der Waals surface area contributed by atoms with Crippen LogP contribution in [-0.4, -0.2) is 55.8 Å². The largest absolute Gasteiger partial charge is 0.378 e. The summed E-state index contributed by atoms with van der Waals surface area (Å²) < 4.78 is 90.0. The fraction of sp³-hybridized carbons (Fsp3) is 0.351. The minimum Gasteiger partial charge on any atom is -0.378 e. The fourth-order valence-corrected chi connectivity index (χ4v) is 9.00. The van der Waals surface area contributed by atoms with Crippen LogP contribution in [0.4, 0.5) is 23.4 Å². The predicted molar refractivity (Wildman–Crippen MR) is 206 cm³/mol. The Labute approximate surface area is 332 Å². The molecule has 18 heteroatoms. The lowest BCUT2D eigenvalue weighted by molar-refractivity contribution is -0.123. The van der Waals surface area contributed by atoms with Crippen molar-refractivity contribution >= 4 is 66.8 Å². The van der Waals surface area contributed by atoms with Crippen LogP contribution in [0.1, 0.15) is 66.9 Å². The number of fused-ring (bicyclic) bond motifs is 4. The van der Waals surface area contributed by atoms with Crippen LogP contribution in [-0.2, 0) is 40.8 Å². The second kappa shape index (κ2) is 14.0. The van der Waals surface area contributed by atoms with Crippen LogP contribution in [0.25, 0.3) is 22.0 Å². The van der Waals surface area contributed by atoms with Gasteiger partial charge < -0.3 is 10.4 Å². The van der Waals surface area contributed by atoms with E-state index >= 15 is 8.78 Å². The zero-order chi connectivity index (χ0) is 39.8. The Morgan fingerprint density at radius 3 is 2.45 bits per heavy atom. The average Bonchev–Trinajstić information content (AvgIpc) is 3.58. The number of benzene rings is 2. The number of sulfonamides is 1. The van der Waals surface area contributed by atoms with Crippen LogP contribution in [0.5, 0.6) is 0 Å². The van der Waals surface area contributed by atoms with Crippen molar-refractivity contribution in [1.82, 2.24) is 29.9 Å². The molecule has 3 atom stereocenters. The van der Waals surface area contributed by atoms with E-state index in [1.54, 1.807) is 25.2 Å². The lowest BCUT2D eigenvalue weighted by Crippen LogP contribution is -2.36. The Balaban J connectivity index is 1.38. The fourth-order valence-electron chi connectivity index (χ4n) is 7.35. The van der Waals surface area contributed by atoms with Crippen LogP contribution in [0.15, 0.2) is 42.5 Å². The molecular formula is C37H33ClF4IN7O4S. The van der Waals surface area contributed by atoms with Crippen molar-refractivity contribution in [1.29, 1.82) is 0 Å². The normalized spacial score (nSPS) is 17.9. The minimum absolute atomic E-state index is 0.0410. The van der Waals surface area contributed by atoms with Gasteiger partial charge in [0, 0.05) is 35.7 Å². The summed E-state index contributed by atoms with van der Waals surface area (Å²) in [4.78, 5) is 18.8. The van der Waals surface area contributed by atoms with E-state index in [0.717, 1.165) is 23.1 Å². The highest BCUT2D eigenvalue weighted by molar-refractivity contribution is 14.1. The van der Waals surface area contributed by atoms with Gasteiger partial charge >= 0.3 is 0 Å². The van der Waals surface area contributed by atoms with Crippen molar-refractivity contribution in [2.45, 2.75) is 63.1 Å². The highest BCUT2D eigenvalue weighted by Crippen LogP contribution is 2.62. The molecule has 0 saturated heterocycles. The van der Waals surface area contributed by atoms with Gasteiger partial charge in [-0.05, 0) is 103 Å². The molecule has 3 aromatic heterocycles. The summed E-state index contributed by atoms with van der Waals surface area (Å²) in [6.07, 6.45) is 1.71. The second-order valence-corrected chi connectivity index (χ2v) is 17.5. The number of aromatic nitrogens is 5. The van der Waals surface area contributed by atoms with Crippen molar-refractivity contribution in [2.24, 2.45) is 13.0 Å². The van der Waals surface area contributed by atoms with Crippen molar-refractivity contribution in [2.75, 3.05) is 11.0 Å². The number of pyridine rings is 1. The Hall–Kier alpha value is -4.25. The van der Waals surface area contributed by atoms with Crippen molar-refractivity contribution in [3.05, 3.63) is 91.0 Å². The predicted octanol–water partition coefficient (Wildman–Crippen LogP) is 6.56. The Morgan fingerprint density at radius 1 is 1.13 bits per heavy atom. The second-order valence-electron chi connectivity index (χ2n) is 14.3. The summed E-state index contributed by atoms with van der Waals surface area (Å²) in [6, 6.07) is 8.12. The van der Waals surface area contributed by atoms with Gasteiger partial charge in [0.05, 0.1) is 33.9 Å². The Bertz CT molecular complexity index is 2560. The highest BCUT2D eigenvalue weighted by atomic mass is 127. The van der Waals surface area contributed by atoms with Gasteiger partial charge in [-0.25, -0.2) is 22.2 Å². The molecule has 0 radical (unpaired) electrons. The topological polar surface area (TPSA) is 144 Å². The number of carbonyl (C=O) groups is 1. The molecule has 0 bridgehead atoms. The van der Waals surface area contributed by atoms with Crippen LogP contribution < -0.4 is 10.0 Å². The summed E-state index contributed by atoms with van der Waals surface area (Å²) in [5.74, 6) is -1.35. The van der Waals surface area contributed by atoms with Crippen LogP contribution in [0.3, 0.4) is 0 Å². The van der Waals surface area contributed by atoms with E-state index < -0.39 is 57.6 Å². The number of alkyl halides is 2. The lowest BCUT2D eigenvalue weighted by Gasteiger charge is -2.34. The van der Waals surface area contributed by atoms with E-state index in [-0.39, 0.29) is 51.2 Å². The number of carbonyl (C=O) groups excluding carboxylic acids is 1. The molecule has 55 heavy (non-hydrogen) atoms. The molecule has 2 aromatic carbocycles. The molecule has 2 aliphatic rings. The highest BCUT2D eigenvalue weighted by Gasteiger charge is 2.61. The van der Waals surface area contributed by atoms with Crippen molar-refractivity contribution in [3.63, 3.8) is 0 Å². The van der Waals surface area contributed by atoms with E-state index in [4.69, 9.17) is 16.6 Å². The summed E-state index contributed by atoms with van der Waals surface area (Å²) in [5.41, 5.74) is 0.377. The molecule has 0 aliphatic heterocycles. The zero-order valence-electron chi connectivity index (χ0n) is 29.7. The summed E-state index contributed by atoms with van der Waals surface area (Å²) in [5, 5.41) is 22.3. The van der Waals surface area contributed by atoms with Gasteiger partial charge in [0.2, 0.25) is 15.9 Å². The monoisotopic (exact) mass is 909 g/mol. The number of aliphatic hydroxyl groups is 1. The van der Waals surface area contributed by atoms with Gasteiger partial charge in [0.25, 0.3) is 5.92 Å². The van der Waals surface area contributed by atoms with Gasteiger partial charge in [-0.15, -0.1) is 0 Å². The average molecular weight is 910 g/mol. The van der Waals surface area contributed by atoms with Gasteiger partial charge in [-0.2, -0.15) is 19.0 Å². The van der Waals surface area contributed by atoms with E-state index in [9.17, 15) is 27.1 Å². The Morgan fingerprint density at radius 2 is 1.82 bits per heavy atom. The number of nitrogens with zero attached hydrogens (tertiary/aromatic N) is 5. The number of rotatable bonds is 9. The van der Waals surface area contributed by atoms with E-state index in [1.807, 2.05) is 22.6 Å². The number of anilines is 1. The van der Waals surface area contributed by atoms with E-state index in [0.29, 0.717) is 44.8 Å². The standard InChI is InChI=1S/C37H33ClF4IN7O4S/c1-36(2,52)12-11-21-5-6-22(23-8-10-26(38)30-32(23)49(3)47-35(30)48-55(4,53)54)31(44-21)27(15-18-13-19(39)16-20(40)14-18)45-28(51)17-50-33-29(34(43)46-50)24-7-9-25(24)37(33,41)42/h5-6,8,10,13-14,16,24-25,27,52H,7,9,15,17H2,1-4H3,(H,45,51)(H,47,48)/t24-,25+,27-/m0/s1. The molecule has 1 amide bonds. The molecular weight excluding hydrogens is 877 g/mol. The molecule has 2 aliphatic carbocycles. The van der Waals surface area contributed by atoms with Crippen molar-refractivity contribution < 1.29 is 35.9 Å². The Kier molecular flexibility index (Phi) is 9.96. The third-order valence-electron chi connectivity index (χ3n) is 9.62. The molecule has 0 spiro atoms. The SMILES string of the molecule is Cn1nc(NS(C)(=O)=O)c2c(Cl)ccc(-c3ccc(C#CC(C)(C)O)nc3[C@H](Cc3cc(F)cc(F)c3)NC(=O)Cn3nc(I)c4c3C(F)(F)[C@@H]3CC[C@H]43)c21. The number of hydrogen-bond donors (Lipinski definition) is 3. The van der Waals surface area contributed by atoms with Gasteiger partial charge in [0.1, 0.15) is 38.9 Å². The molecule has 1 saturated carbocycles. The van der Waals surface area contributed by atoms with Crippen LogP contribution in [0.2, 0.25) is 5.02 Å². The first-order valence-electron chi connectivity index (χ1n) is 17.0. The van der Waals surface area contributed by atoms with E-state index in [2.05, 4.69) is 32.1 Å². The van der Waals surface area contributed by atoms with Gasteiger partial charge in [-0.1, -0.05) is 23.6 Å². The van der Waals surface area contributed by atoms with Gasteiger partial charge in [-0.3, -0.25) is 18.9 Å². The lowest BCUT2D eigenvalue weighted by atomic mass is 9.73. The van der Waals surface area contributed by atoms with Crippen molar-refractivity contribution in [3.8, 4) is 23.0 Å². The van der Waals surface area contributed by atoms with Crippen LogP contribution in [0, 0.1) is 33.1 Å². The molecule has 7 rings (SSSR count). The molecule has 11 nitrogen and oxygen atoms in total. The maximum atomic E-state index is 15.6. The number of halogens is 6. The summed E-state index contributed by atoms with van der Waals surface area (Å²) in [7, 11) is -2.21. The first-order chi connectivity index (χ1) is 25.7. The summed E-state index contributed by atoms with van der Waals surface area (Å²) in [6.45, 7) is 2.37.